The molecule has 0 bridgehead atoms. The molecule has 0 aliphatic heterocycles. The second-order valence-corrected chi connectivity index (χ2v) is 9.01. The van der Waals surface area contributed by atoms with Crippen molar-refractivity contribution in [2.24, 2.45) is 0 Å². The van der Waals surface area contributed by atoms with Gasteiger partial charge < -0.3 is 15.6 Å². The molecule has 8 nitrogen and oxygen atoms in total. The summed E-state index contributed by atoms with van der Waals surface area (Å²) in [5, 5.41) is 14.7. The second kappa shape index (κ2) is 8.69. The number of nitrogens with one attached hydrogen (secondary N) is 4. The number of anilines is 1. The van der Waals surface area contributed by atoms with Crippen LogP contribution in [-0.4, -0.2) is 38.1 Å². The van der Waals surface area contributed by atoms with Crippen LogP contribution in [0.4, 0.5) is 5.82 Å². The first-order chi connectivity index (χ1) is 16.0. The van der Waals surface area contributed by atoms with Gasteiger partial charge in [0.05, 0.1) is 11.7 Å². The van der Waals surface area contributed by atoms with Gasteiger partial charge in [-0.15, -0.1) is 0 Å². The molecule has 170 valence electrons. The molecule has 1 aromatic carbocycles. The molecular weight excluding hydrogens is 414 g/mol. The first-order valence-electron chi connectivity index (χ1n) is 11.5. The summed E-state index contributed by atoms with van der Waals surface area (Å²) in [5.74, 6) is 2.06. The van der Waals surface area contributed by atoms with Gasteiger partial charge in [-0.1, -0.05) is 32.0 Å². The molecule has 1 aliphatic rings. The van der Waals surface area contributed by atoms with E-state index in [0.29, 0.717) is 18.0 Å². The number of carbonyl (C=O) groups excluding carboxylic acids is 1. The number of hydrogen-bond donors (Lipinski definition) is 4. The van der Waals surface area contributed by atoms with E-state index >= 15 is 0 Å². The largest absolute Gasteiger partial charge is 0.373 e. The van der Waals surface area contributed by atoms with E-state index in [9.17, 15) is 4.79 Å². The lowest BCUT2D eigenvalue weighted by Gasteiger charge is -2.19. The fourth-order valence-corrected chi connectivity index (χ4v) is 4.05. The van der Waals surface area contributed by atoms with Gasteiger partial charge in [0.1, 0.15) is 17.3 Å². The minimum absolute atomic E-state index is 0.222. The van der Waals surface area contributed by atoms with Gasteiger partial charge in [0.15, 0.2) is 0 Å². The highest BCUT2D eigenvalue weighted by molar-refractivity contribution is 5.92. The topological polar surface area (TPSA) is 111 Å². The molecule has 1 amide bonds. The van der Waals surface area contributed by atoms with Crippen molar-refractivity contribution in [2.45, 2.75) is 51.0 Å². The van der Waals surface area contributed by atoms with Crippen LogP contribution in [0.2, 0.25) is 0 Å². The van der Waals surface area contributed by atoms with Crippen molar-refractivity contribution < 1.29 is 4.79 Å². The summed E-state index contributed by atoms with van der Waals surface area (Å²) < 4.78 is 0. The van der Waals surface area contributed by atoms with Crippen molar-refractivity contribution >= 4 is 22.6 Å². The predicted octanol–water partition coefficient (Wildman–Crippen LogP) is 4.44. The van der Waals surface area contributed by atoms with E-state index in [2.05, 4.69) is 56.8 Å². The highest BCUT2D eigenvalue weighted by Gasteiger charge is 2.29. The zero-order chi connectivity index (χ0) is 22.9. The fraction of sp³-hybridized carbons (Fsp3) is 0.360. The van der Waals surface area contributed by atoms with Crippen LogP contribution in [0, 0.1) is 0 Å². The van der Waals surface area contributed by atoms with E-state index in [1.807, 2.05) is 37.5 Å². The number of nitrogens with zero attached hydrogens (tertiary/aromatic N) is 3. The summed E-state index contributed by atoms with van der Waals surface area (Å²) in [6, 6.07) is 11.6. The molecule has 0 unspecified atom stereocenters. The number of amides is 1. The summed E-state index contributed by atoms with van der Waals surface area (Å²) in [7, 11) is 1.85. The third-order valence-electron chi connectivity index (χ3n) is 6.18. The Bertz CT molecular complexity index is 1280. The Morgan fingerprint density at radius 3 is 2.73 bits per heavy atom. The van der Waals surface area contributed by atoms with Crippen molar-refractivity contribution in [3.63, 3.8) is 0 Å². The molecule has 3 aromatic heterocycles. The Labute approximate surface area is 192 Å². The molecule has 1 aliphatic carbocycles. The van der Waals surface area contributed by atoms with Crippen LogP contribution in [0.3, 0.4) is 0 Å². The monoisotopic (exact) mass is 443 g/mol. The standard InChI is InChI=1S/C25H29N7O/c1-14(2)19-11-22(32-31-19)25(33)29-20(10-16-13-27-18-7-5-4-6-17(16)18)21-12-23(26-3)30-24(28-21)15-8-9-15/h4-7,11-15,20,27H,8-10H2,1-3H3,(H,29,33)(H,31,32)(H,26,28,30)/t20-/m1/s1. The van der Waals surface area contributed by atoms with Crippen LogP contribution in [0.1, 0.15) is 77.8 Å². The average molecular weight is 444 g/mol. The number of carbonyl (C=O) groups is 1. The lowest BCUT2D eigenvalue weighted by molar-refractivity contribution is 0.0930. The van der Waals surface area contributed by atoms with Crippen LogP contribution in [-0.2, 0) is 6.42 Å². The lowest BCUT2D eigenvalue weighted by Crippen LogP contribution is -2.31. The minimum atomic E-state index is -0.330. The Morgan fingerprint density at radius 2 is 2.00 bits per heavy atom. The summed E-state index contributed by atoms with van der Waals surface area (Å²) in [6.07, 6.45) is 4.83. The molecule has 5 rings (SSSR count). The average Bonchev–Trinajstić information content (AvgIpc) is 3.41. The fourth-order valence-electron chi connectivity index (χ4n) is 4.05. The van der Waals surface area contributed by atoms with Crippen molar-refractivity contribution in [1.82, 2.24) is 30.5 Å². The summed E-state index contributed by atoms with van der Waals surface area (Å²) >= 11 is 0. The molecule has 33 heavy (non-hydrogen) atoms. The van der Waals surface area contributed by atoms with E-state index in [1.165, 1.54) is 0 Å². The van der Waals surface area contributed by atoms with E-state index in [4.69, 9.17) is 4.98 Å². The third kappa shape index (κ3) is 4.46. The van der Waals surface area contributed by atoms with Gasteiger partial charge >= 0.3 is 0 Å². The number of fused-ring (bicyclic) bond motifs is 1. The molecular formula is C25H29N7O. The number of aromatic nitrogens is 5. The molecule has 3 heterocycles. The molecule has 0 spiro atoms. The van der Waals surface area contributed by atoms with Crippen LogP contribution >= 0.6 is 0 Å². The molecule has 8 heteroatoms. The third-order valence-corrected chi connectivity index (χ3v) is 6.18. The van der Waals surface area contributed by atoms with Crippen LogP contribution < -0.4 is 10.6 Å². The van der Waals surface area contributed by atoms with Gasteiger partial charge in [0.2, 0.25) is 0 Å². The molecule has 1 saturated carbocycles. The number of benzene rings is 1. The van der Waals surface area contributed by atoms with E-state index < -0.39 is 0 Å². The Hall–Kier alpha value is -3.68. The Balaban J connectivity index is 1.50. The maximum absolute atomic E-state index is 13.2. The SMILES string of the molecule is CNc1cc([C@@H](Cc2c[nH]c3ccccc23)NC(=O)c2cc(C(C)C)[nH]n2)nc(C2CC2)n1. The number of rotatable bonds is 8. The van der Waals surface area contributed by atoms with Crippen molar-refractivity contribution in [3.05, 3.63) is 71.1 Å². The number of aromatic amines is 2. The van der Waals surface area contributed by atoms with Crippen molar-refractivity contribution in [1.29, 1.82) is 0 Å². The lowest BCUT2D eigenvalue weighted by atomic mass is 10.0. The molecule has 4 aromatic rings. The highest BCUT2D eigenvalue weighted by Crippen LogP contribution is 2.39. The van der Waals surface area contributed by atoms with Gasteiger partial charge in [-0.3, -0.25) is 9.89 Å². The number of hydrogen-bond acceptors (Lipinski definition) is 5. The van der Waals surface area contributed by atoms with Crippen LogP contribution in [0.25, 0.3) is 10.9 Å². The summed E-state index contributed by atoms with van der Waals surface area (Å²) in [6.45, 7) is 4.13. The normalized spacial score (nSPS) is 14.5. The van der Waals surface area contributed by atoms with Crippen LogP contribution in [0.15, 0.2) is 42.6 Å². The van der Waals surface area contributed by atoms with Crippen LogP contribution in [0.5, 0.6) is 0 Å². The molecule has 0 radical (unpaired) electrons. The molecule has 0 saturated heterocycles. The second-order valence-electron chi connectivity index (χ2n) is 9.01. The Kier molecular flexibility index (Phi) is 5.58. The van der Waals surface area contributed by atoms with Crippen molar-refractivity contribution in [2.75, 3.05) is 12.4 Å². The van der Waals surface area contributed by atoms with Crippen molar-refractivity contribution in [3.8, 4) is 0 Å². The quantitative estimate of drug-likeness (QED) is 0.322. The summed E-state index contributed by atoms with van der Waals surface area (Å²) in [5.41, 5.74) is 4.31. The van der Waals surface area contributed by atoms with Gasteiger partial charge in [-0.05, 0) is 36.5 Å². The smallest absolute Gasteiger partial charge is 0.272 e. The number of H-pyrrole nitrogens is 2. The van der Waals surface area contributed by atoms with E-state index in [0.717, 1.165) is 52.3 Å². The van der Waals surface area contributed by atoms with Gasteiger partial charge in [0.25, 0.3) is 5.91 Å². The summed E-state index contributed by atoms with van der Waals surface area (Å²) in [4.78, 5) is 26.0. The maximum Gasteiger partial charge on any atom is 0.272 e. The van der Waals surface area contributed by atoms with E-state index in [1.54, 1.807) is 0 Å². The van der Waals surface area contributed by atoms with Gasteiger partial charge in [-0.25, -0.2) is 9.97 Å². The highest BCUT2D eigenvalue weighted by atomic mass is 16.2. The maximum atomic E-state index is 13.2. The first-order valence-corrected chi connectivity index (χ1v) is 11.5. The zero-order valence-corrected chi connectivity index (χ0v) is 19.1. The Morgan fingerprint density at radius 1 is 1.18 bits per heavy atom. The van der Waals surface area contributed by atoms with Gasteiger partial charge in [-0.2, -0.15) is 5.10 Å². The number of para-hydroxylation sites is 1. The van der Waals surface area contributed by atoms with E-state index in [-0.39, 0.29) is 17.9 Å². The van der Waals surface area contributed by atoms with Gasteiger partial charge in [0, 0.05) is 48.2 Å². The zero-order valence-electron chi connectivity index (χ0n) is 19.1. The molecule has 1 fully saturated rings. The minimum Gasteiger partial charge on any atom is -0.373 e. The predicted molar refractivity (Wildman–Crippen MR) is 128 cm³/mol. The first kappa shape index (κ1) is 21.2. The molecule has 4 N–H and O–H groups in total. The molecule has 1 atom stereocenters.